The van der Waals surface area contributed by atoms with Crippen LogP contribution in [0.1, 0.15) is 10.4 Å². The van der Waals surface area contributed by atoms with E-state index in [1.807, 2.05) is 0 Å². The van der Waals surface area contributed by atoms with Crippen LogP contribution in [0.5, 0.6) is 0 Å². The highest BCUT2D eigenvalue weighted by Gasteiger charge is 2.29. The van der Waals surface area contributed by atoms with Gasteiger partial charge in [-0.3, -0.25) is 9.69 Å². The minimum Gasteiger partial charge on any atom is -0.293 e. The quantitative estimate of drug-likeness (QED) is 0.791. The highest BCUT2D eigenvalue weighted by atomic mass is 35.5. The van der Waals surface area contributed by atoms with Gasteiger partial charge in [0.05, 0.1) is 23.1 Å². The van der Waals surface area contributed by atoms with Crippen LogP contribution in [0, 0.1) is 0 Å². The van der Waals surface area contributed by atoms with E-state index in [4.69, 9.17) is 23.2 Å². The van der Waals surface area contributed by atoms with Gasteiger partial charge in [0, 0.05) is 5.56 Å². The lowest BCUT2D eigenvalue weighted by Gasteiger charge is -2.17. The summed E-state index contributed by atoms with van der Waals surface area (Å²) in [5.41, 5.74) is 0.235. The Bertz CT molecular complexity index is 448. The number of halogens is 5. The van der Waals surface area contributed by atoms with Crippen LogP contribution in [0.15, 0.2) is 18.2 Å². The van der Waals surface area contributed by atoms with E-state index >= 15 is 0 Å². The summed E-state index contributed by atoms with van der Waals surface area (Å²) in [5, 5.41) is 0.484. The maximum Gasteiger partial charge on any atom is 0.401 e. The van der Waals surface area contributed by atoms with Gasteiger partial charge < -0.3 is 0 Å². The van der Waals surface area contributed by atoms with Gasteiger partial charge >= 0.3 is 6.18 Å². The van der Waals surface area contributed by atoms with Crippen molar-refractivity contribution in [1.29, 1.82) is 0 Å². The molecule has 18 heavy (non-hydrogen) atoms. The molecule has 0 aliphatic carbocycles. The van der Waals surface area contributed by atoms with Crippen LogP contribution in [0.25, 0.3) is 0 Å². The summed E-state index contributed by atoms with van der Waals surface area (Å²) in [6.07, 6.45) is -4.33. The maximum absolute atomic E-state index is 12.1. The van der Waals surface area contributed by atoms with Crippen LogP contribution in [-0.2, 0) is 0 Å². The Labute approximate surface area is 112 Å². The Kier molecular flexibility index (Phi) is 5.01. The average molecular weight is 300 g/mol. The summed E-state index contributed by atoms with van der Waals surface area (Å²) in [4.78, 5) is 12.6. The smallest absolute Gasteiger partial charge is 0.293 e. The standard InChI is InChI=1S/C11H10Cl2F3NO/c1-17(6-11(14,15)16)5-10(18)7-2-3-8(12)9(13)4-7/h2-4H,5-6H2,1H3. The number of hydrogen-bond donors (Lipinski definition) is 0. The van der Waals surface area contributed by atoms with Gasteiger partial charge in [0.1, 0.15) is 0 Å². The lowest BCUT2D eigenvalue weighted by molar-refractivity contribution is -0.141. The van der Waals surface area contributed by atoms with Crippen molar-refractivity contribution in [3.05, 3.63) is 33.8 Å². The summed E-state index contributed by atoms with van der Waals surface area (Å²) >= 11 is 11.4. The normalized spacial score (nSPS) is 11.9. The maximum atomic E-state index is 12.1. The molecule has 1 rings (SSSR count). The third kappa shape index (κ3) is 4.84. The molecule has 0 aliphatic rings. The van der Waals surface area contributed by atoms with Crippen LogP contribution in [0.4, 0.5) is 13.2 Å². The molecule has 0 saturated carbocycles. The zero-order valence-corrected chi connectivity index (χ0v) is 10.9. The molecule has 0 saturated heterocycles. The molecule has 7 heteroatoms. The Morgan fingerprint density at radius 3 is 2.39 bits per heavy atom. The van der Waals surface area contributed by atoms with Crippen molar-refractivity contribution in [2.75, 3.05) is 20.1 Å². The zero-order valence-electron chi connectivity index (χ0n) is 9.39. The van der Waals surface area contributed by atoms with Gasteiger partial charge in [-0.2, -0.15) is 13.2 Å². The van der Waals surface area contributed by atoms with Crippen molar-refractivity contribution in [3.63, 3.8) is 0 Å². The summed E-state index contributed by atoms with van der Waals surface area (Å²) < 4.78 is 36.3. The Morgan fingerprint density at radius 2 is 1.89 bits per heavy atom. The van der Waals surface area contributed by atoms with Gasteiger partial charge in [-0.05, 0) is 25.2 Å². The second-order valence-corrected chi connectivity index (χ2v) is 4.65. The highest BCUT2D eigenvalue weighted by molar-refractivity contribution is 6.42. The number of likely N-dealkylation sites (N-methyl/N-ethyl adjacent to an activating group) is 1. The number of ketones is 1. The molecule has 1 aromatic rings. The molecular formula is C11H10Cl2F3NO. The van der Waals surface area contributed by atoms with E-state index < -0.39 is 18.5 Å². The third-order valence-electron chi connectivity index (χ3n) is 2.10. The van der Waals surface area contributed by atoms with Crippen molar-refractivity contribution < 1.29 is 18.0 Å². The fourth-order valence-corrected chi connectivity index (χ4v) is 1.67. The lowest BCUT2D eigenvalue weighted by Crippen LogP contribution is -2.34. The molecule has 100 valence electrons. The monoisotopic (exact) mass is 299 g/mol. The first-order valence-electron chi connectivity index (χ1n) is 4.92. The molecule has 0 aliphatic heterocycles. The van der Waals surface area contributed by atoms with Crippen LogP contribution < -0.4 is 0 Å². The highest BCUT2D eigenvalue weighted by Crippen LogP contribution is 2.23. The Hall–Kier alpha value is -0.780. The van der Waals surface area contributed by atoms with Gasteiger partial charge in [-0.1, -0.05) is 23.2 Å². The van der Waals surface area contributed by atoms with E-state index in [1.54, 1.807) is 0 Å². The SMILES string of the molecule is CN(CC(=O)c1ccc(Cl)c(Cl)c1)CC(F)(F)F. The van der Waals surface area contributed by atoms with Gasteiger partial charge in [-0.25, -0.2) is 0 Å². The molecule has 0 amide bonds. The number of Topliss-reactive ketones (excluding diaryl/α,β-unsaturated/α-hetero) is 1. The minimum absolute atomic E-state index is 0.195. The number of rotatable bonds is 4. The molecule has 0 unspecified atom stereocenters. The number of benzene rings is 1. The number of alkyl halides is 3. The van der Waals surface area contributed by atoms with E-state index in [0.717, 1.165) is 4.90 Å². The van der Waals surface area contributed by atoms with Gasteiger partial charge in [0.2, 0.25) is 0 Å². The fraction of sp³-hybridized carbons (Fsp3) is 0.364. The van der Waals surface area contributed by atoms with E-state index in [9.17, 15) is 18.0 Å². The van der Waals surface area contributed by atoms with Crippen molar-refractivity contribution in [3.8, 4) is 0 Å². The molecule has 2 nitrogen and oxygen atoms in total. The topological polar surface area (TPSA) is 20.3 Å². The molecule has 0 aromatic heterocycles. The van der Waals surface area contributed by atoms with Crippen molar-refractivity contribution in [2.45, 2.75) is 6.18 Å². The molecule has 0 radical (unpaired) electrons. The first-order chi connectivity index (χ1) is 8.19. The number of carbonyl (C=O) groups excluding carboxylic acids is 1. The van der Waals surface area contributed by atoms with Crippen LogP contribution in [0.2, 0.25) is 10.0 Å². The Balaban J connectivity index is 2.68. The first-order valence-corrected chi connectivity index (χ1v) is 5.68. The number of hydrogen-bond acceptors (Lipinski definition) is 2. The molecule has 0 heterocycles. The van der Waals surface area contributed by atoms with Crippen molar-refractivity contribution >= 4 is 29.0 Å². The van der Waals surface area contributed by atoms with Gasteiger partial charge in [0.25, 0.3) is 0 Å². The van der Waals surface area contributed by atoms with Crippen molar-refractivity contribution in [2.24, 2.45) is 0 Å². The van der Waals surface area contributed by atoms with Crippen molar-refractivity contribution in [1.82, 2.24) is 4.90 Å². The van der Waals surface area contributed by atoms with Crippen LogP contribution >= 0.6 is 23.2 Å². The fourth-order valence-electron chi connectivity index (χ4n) is 1.37. The molecule has 0 bridgehead atoms. The third-order valence-corrected chi connectivity index (χ3v) is 2.84. The minimum atomic E-state index is -4.33. The van der Waals surface area contributed by atoms with Gasteiger partial charge in [-0.15, -0.1) is 0 Å². The second kappa shape index (κ2) is 5.91. The predicted octanol–water partition coefficient (Wildman–Crippen LogP) is 3.67. The predicted molar refractivity (Wildman–Crippen MR) is 64.3 cm³/mol. The van der Waals surface area contributed by atoms with Crippen LogP contribution in [-0.4, -0.2) is 37.0 Å². The Morgan fingerprint density at radius 1 is 1.28 bits per heavy atom. The van der Waals surface area contributed by atoms with Gasteiger partial charge in [0.15, 0.2) is 5.78 Å². The number of carbonyl (C=O) groups is 1. The summed E-state index contributed by atoms with van der Waals surface area (Å²) in [5.74, 6) is -0.444. The average Bonchev–Trinajstić information content (AvgIpc) is 2.18. The van der Waals surface area contributed by atoms with E-state index in [1.165, 1.54) is 25.2 Å². The first kappa shape index (κ1) is 15.3. The molecule has 1 aromatic carbocycles. The molecule has 0 N–H and O–H groups in total. The molecule has 0 spiro atoms. The zero-order chi connectivity index (χ0) is 13.9. The summed E-state index contributed by atoms with van der Waals surface area (Å²) in [6.45, 7) is -1.47. The molecular weight excluding hydrogens is 290 g/mol. The molecule has 0 atom stereocenters. The number of nitrogens with zero attached hydrogens (tertiary/aromatic N) is 1. The summed E-state index contributed by atoms with van der Waals surface area (Å²) in [6, 6.07) is 4.20. The van der Waals surface area contributed by atoms with E-state index in [2.05, 4.69) is 0 Å². The second-order valence-electron chi connectivity index (χ2n) is 3.84. The summed E-state index contributed by atoms with van der Waals surface area (Å²) in [7, 11) is 1.23. The van der Waals surface area contributed by atoms with E-state index in [0.29, 0.717) is 0 Å². The lowest BCUT2D eigenvalue weighted by atomic mass is 10.1. The molecule has 0 fully saturated rings. The van der Waals surface area contributed by atoms with Crippen LogP contribution in [0.3, 0.4) is 0 Å². The largest absolute Gasteiger partial charge is 0.401 e. The van der Waals surface area contributed by atoms with E-state index in [-0.39, 0.29) is 22.2 Å².